The number of carbonyl (C=O) groups is 1. The summed E-state index contributed by atoms with van der Waals surface area (Å²) in [5.74, 6) is -0.297. The molecule has 0 aliphatic carbocycles. The Hall–Kier alpha value is -1.57. The molecule has 1 aromatic carbocycles. The van der Waals surface area contributed by atoms with E-state index in [4.69, 9.17) is 0 Å². The second-order valence-electron chi connectivity index (χ2n) is 3.06. The van der Waals surface area contributed by atoms with Crippen LogP contribution in [-0.4, -0.2) is 21.2 Å². The molecule has 0 aliphatic rings. The van der Waals surface area contributed by atoms with Crippen LogP contribution in [0, 0.1) is 3.57 Å². The summed E-state index contributed by atoms with van der Waals surface area (Å²) < 4.78 is 0.727. The molecule has 2 rings (SSSR count). The van der Waals surface area contributed by atoms with Crippen molar-refractivity contribution in [2.75, 3.05) is 5.32 Å². The number of nitrogens with one attached hydrogen (secondary N) is 2. The topological polar surface area (TPSA) is 78.0 Å². The molecule has 0 saturated heterocycles. The fourth-order valence-electron chi connectivity index (χ4n) is 1.19. The normalized spacial score (nSPS) is 10.1. The highest BCUT2D eigenvalue weighted by Crippen LogP contribution is 2.22. The van der Waals surface area contributed by atoms with Gasteiger partial charge in [-0.05, 0) is 34.7 Å². The van der Waals surface area contributed by atoms with Crippen molar-refractivity contribution in [3.63, 3.8) is 0 Å². The summed E-state index contributed by atoms with van der Waals surface area (Å²) in [7, 11) is 0. The van der Waals surface area contributed by atoms with Crippen molar-refractivity contribution < 1.29 is 9.90 Å². The first-order valence-corrected chi connectivity index (χ1v) is 5.54. The van der Waals surface area contributed by atoms with Crippen LogP contribution in [0.1, 0.15) is 10.5 Å². The quantitative estimate of drug-likeness (QED) is 0.582. The number of aromatic nitrogens is 2. The fraction of sp³-hybridized carbons (Fsp3) is 0. The predicted octanol–water partition coefficient (Wildman–Crippen LogP) is 1.97. The molecule has 0 spiro atoms. The predicted molar refractivity (Wildman–Crippen MR) is 67.4 cm³/mol. The summed E-state index contributed by atoms with van der Waals surface area (Å²) in [6.07, 6.45) is 1.56. The number of carbonyl (C=O) groups excluding carboxylic acids is 1. The van der Waals surface area contributed by atoms with Crippen molar-refractivity contribution in [1.82, 2.24) is 10.2 Å². The Morgan fingerprint density at radius 3 is 2.81 bits per heavy atom. The lowest BCUT2D eigenvalue weighted by atomic mass is 10.3. The summed E-state index contributed by atoms with van der Waals surface area (Å²) in [6, 6.07) is 6.54. The van der Waals surface area contributed by atoms with Crippen molar-refractivity contribution in [3.8, 4) is 5.75 Å². The van der Waals surface area contributed by atoms with Crippen LogP contribution in [0.25, 0.3) is 0 Å². The lowest BCUT2D eigenvalue weighted by molar-refractivity contribution is 0.102. The second kappa shape index (κ2) is 4.52. The van der Waals surface area contributed by atoms with Gasteiger partial charge in [0.15, 0.2) is 0 Å². The largest absolute Gasteiger partial charge is 0.506 e. The summed E-state index contributed by atoms with van der Waals surface area (Å²) >= 11 is 2.01. The molecule has 82 valence electrons. The average Bonchev–Trinajstić information content (AvgIpc) is 2.68. The summed E-state index contributed by atoms with van der Waals surface area (Å²) in [6.45, 7) is 0. The number of amides is 1. The Balaban J connectivity index is 2.21. The van der Waals surface area contributed by atoms with E-state index in [0.717, 1.165) is 3.57 Å². The summed E-state index contributed by atoms with van der Waals surface area (Å²) in [5.41, 5.74) is 0.752. The van der Waals surface area contributed by atoms with E-state index in [0.29, 0.717) is 11.4 Å². The number of anilines is 1. The van der Waals surface area contributed by atoms with E-state index >= 15 is 0 Å². The van der Waals surface area contributed by atoms with Gasteiger partial charge in [0.25, 0.3) is 5.91 Å². The number of phenols is 1. The molecule has 0 unspecified atom stereocenters. The van der Waals surface area contributed by atoms with Crippen LogP contribution in [0.4, 0.5) is 5.69 Å². The molecule has 0 fully saturated rings. The number of phenolic OH excluding ortho intramolecular Hbond substituents is 1. The molecule has 0 saturated carbocycles. The molecular weight excluding hydrogens is 321 g/mol. The maximum absolute atomic E-state index is 11.7. The molecule has 1 aromatic heterocycles. The van der Waals surface area contributed by atoms with E-state index in [9.17, 15) is 9.90 Å². The van der Waals surface area contributed by atoms with Crippen molar-refractivity contribution in [1.29, 1.82) is 0 Å². The summed E-state index contributed by atoms with van der Waals surface area (Å²) in [4.78, 5) is 11.7. The Morgan fingerprint density at radius 2 is 2.19 bits per heavy atom. The van der Waals surface area contributed by atoms with Crippen molar-refractivity contribution >= 4 is 34.2 Å². The van der Waals surface area contributed by atoms with Gasteiger partial charge in [0.05, 0.1) is 15.5 Å². The Bertz CT molecular complexity index is 524. The van der Waals surface area contributed by atoms with Gasteiger partial charge in [-0.25, -0.2) is 0 Å². The smallest absolute Gasteiger partial charge is 0.274 e. The lowest BCUT2D eigenvalue weighted by Crippen LogP contribution is -2.13. The third-order valence-electron chi connectivity index (χ3n) is 1.97. The van der Waals surface area contributed by atoms with Crippen molar-refractivity contribution in [2.45, 2.75) is 0 Å². The number of halogens is 1. The number of H-pyrrole nitrogens is 1. The Labute approximate surface area is 105 Å². The monoisotopic (exact) mass is 329 g/mol. The zero-order valence-electron chi connectivity index (χ0n) is 8.07. The average molecular weight is 329 g/mol. The zero-order valence-corrected chi connectivity index (χ0v) is 10.2. The molecule has 5 nitrogen and oxygen atoms in total. The van der Waals surface area contributed by atoms with E-state index in [2.05, 4.69) is 15.5 Å². The highest BCUT2D eigenvalue weighted by Gasteiger charge is 2.13. The number of aromatic amines is 1. The SMILES string of the molecule is O=C(Nc1ccccc1O)c1[nH]ncc1I. The van der Waals surface area contributed by atoms with Gasteiger partial charge in [0, 0.05) is 0 Å². The Kier molecular flexibility index (Phi) is 3.09. The van der Waals surface area contributed by atoms with E-state index in [1.807, 2.05) is 22.6 Å². The van der Waals surface area contributed by atoms with Gasteiger partial charge in [-0.3, -0.25) is 9.89 Å². The number of nitrogens with zero attached hydrogens (tertiary/aromatic N) is 1. The number of hydrogen-bond acceptors (Lipinski definition) is 3. The molecule has 0 bridgehead atoms. The van der Waals surface area contributed by atoms with Crippen molar-refractivity contribution in [3.05, 3.63) is 39.7 Å². The van der Waals surface area contributed by atoms with Gasteiger partial charge < -0.3 is 10.4 Å². The first kappa shape index (κ1) is 10.9. The molecular formula is C10H8IN3O2. The van der Waals surface area contributed by atoms with Crippen LogP contribution in [0.2, 0.25) is 0 Å². The molecule has 2 aromatic rings. The number of hydrogen-bond donors (Lipinski definition) is 3. The van der Waals surface area contributed by atoms with Crippen molar-refractivity contribution in [2.24, 2.45) is 0 Å². The van der Waals surface area contributed by atoms with Crippen LogP contribution < -0.4 is 5.32 Å². The Morgan fingerprint density at radius 1 is 1.44 bits per heavy atom. The number of rotatable bonds is 2. The number of aromatic hydroxyl groups is 1. The van der Waals surface area contributed by atoms with Crippen LogP contribution >= 0.6 is 22.6 Å². The fourth-order valence-corrected chi connectivity index (χ4v) is 1.70. The standard InChI is InChI=1S/C10H8IN3O2/c11-6-5-12-14-9(6)10(16)13-7-3-1-2-4-8(7)15/h1-5,15H,(H,12,14)(H,13,16). The van der Waals surface area contributed by atoms with Crippen LogP contribution in [0.5, 0.6) is 5.75 Å². The van der Waals surface area contributed by atoms with E-state index in [-0.39, 0.29) is 11.7 Å². The molecule has 1 heterocycles. The van der Waals surface area contributed by atoms with Crippen LogP contribution in [0.15, 0.2) is 30.5 Å². The maximum atomic E-state index is 11.7. The van der Waals surface area contributed by atoms with Gasteiger partial charge in [0.1, 0.15) is 11.4 Å². The third kappa shape index (κ3) is 2.16. The van der Waals surface area contributed by atoms with E-state index in [1.165, 1.54) is 6.07 Å². The maximum Gasteiger partial charge on any atom is 0.274 e. The highest BCUT2D eigenvalue weighted by molar-refractivity contribution is 14.1. The third-order valence-corrected chi connectivity index (χ3v) is 2.79. The minimum absolute atomic E-state index is 0.0328. The van der Waals surface area contributed by atoms with Crippen LogP contribution in [0.3, 0.4) is 0 Å². The minimum Gasteiger partial charge on any atom is -0.506 e. The number of benzene rings is 1. The second-order valence-corrected chi connectivity index (χ2v) is 4.23. The molecule has 0 radical (unpaired) electrons. The first-order valence-electron chi connectivity index (χ1n) is 4.46. The number of para-hydroxylation sites is 2. The molecule has 16 heavy (non-hydrogen) atoms. The first-order chi connectivity index (χ1) is 7.68. The summed E-state index contributed by atoms with van der Waals surface area (Å²) in [5, 5.41) is 18.4. The molecule has 0 aliphatic heterocycles. The minimum atomic E-state index is -0.330. The molecule has 6 heteroatoms. The molecule has 1 amide bonds. The van der Waals surface area contributed by atoms with E-state index in [1.54, 1.807) is 24.4 Å². The van der Waals surface area contributed by atoms with Gasteiger partial charge in [-0.15, -0.1) is 0 Å². The van der Waals surface area contributed by atoms with Gasteiger partial charge >= 0.3 is 0 Å². The van der Waals surface area contributed by atoms with E-state index < -0.39 is 0 Å². The van der Waals surface area contributed by atoms with Crippen LogP contribution in [-0.2, 0) is 0 Å². The van der Waals surface area contributed by atoms with Gasteiger partial charge in [-0.1, -0.05) is 12.1 Å². The zero-order chi connectivity index (χ0) is 11.5. The van der Waals surface area contributed by atoms with Gasteiger partial charge in [0.2, 0.25) is 0 Å². The highest BCUT2D eigenvalue weighted by atomic mass is 127. The molecule has 3 N–H and O–H groups in total. The lowest BCUT2D eigenvalue weighted by Gasteiger charge is -2.05. The van der Waals surface area contributed by atoms with Gasteiger partial charge in [-0.2, -0.15) is 5.10 Å². The molecule has 0 atom stereocenters.